The third-order valence-electron chi connectivity index (χ3n) is 1.96. The third kappa shape index (κ3) is 5.74. The first-order chi connectivity index (χ1) is 5.75. The molecule has 4 N–H and O–H groups in total. The highest BCUT2D eigenvalue weighted by Gasteiger charge is 2.28. The van der Waals surface area contributed by atoms with Crippen LogP contribution < -0.4 is 11.5 Å². The molecule has 0 saturated heterocycles. The summed E-state index contributed by atoms with van der Waals surface area (Å²) in [6, 6.07) is 0. The number of nitrogens with zero attached hydrogens (tertiary/aromatic N) is 1. The van der Waals surface area contributed by atoms with E-state index >= 15 is 0 Å². The fraction of sp³-hybridized carbons (Fsp3) is 0.667. The molecule has 0 aliphatic rings. The average Bonchev–Trinajstić information content (AvgIpc) is 2.35. The predicted octanol–water partition coefficient (Wildman–Crippen LogP) is 1.81. The smallest absolute Gasteiger partial charge is 0.0791 e. The van der Waals surface area contributed by atoms with Crippen molar-refractivity contribution in [2.75, 3.05) is 0 Å². The van der Waals surface area contributed by atoms with E-state index in [1.807, 2.05) is 33.1 Å². The van der Waals surface area contributed by atoms with Crippen LogP contribution in [-0.4, -0.2) is 10.6 Å². The van der Waals surface area contributed by atoms with Gasteiger partial charge in [-0.1, -0.05) is 20.8 Å². The number of rotatable bonds is 0. The highest BCUT2D eigenvalue weighted by atomic mass is 32.1. The van der Waals surface area contributed by atoms with Gasteiger partial charge in [-0.2, -0.15) is 0 Å². The van der Waals surface area contributed by atoms with Gasteiger partial charge in [0.25, 0.3) is 0 Å². The molecule has 1 aromatic heterocycles. The van der Waals surface area contributed by atoms with Crippen LogP contribution in [0.15, 0.2) is 17.1 Å². The topological polar surface area (TPSA) is 64.9 Å². The highest BCUT2D eigenvalue weighted by molar-refractivity contribution is 7.07. The van der Waals surface area contributed by atoms with E-state index in [9.17, 15) is 0 Å². The molecule has 1 aromatic rings. The molecule has 13 heavy (non-hydrogen) atoms. The normalized spacial score (nSPS) is 11.8. The Morgan fingerprint density at radius 2 is 1.62 bits per heavy atom. The maximum Gasteiger partial charge on any atom is 0.0791 e. The van der Waals surface area contributed by atoms with Gasteiger partial charge in [-0.05, 0) is 12.3 Å². The summed E-state index contributed by atoms with van der Waals surface area (Å²) in [5.74, 6) is 0. The first-order valence-corrected chi connectivity index (χ1v) is 5.09. The van der Waals surface area contributed by atoms with Gasteiger partial charge in [0, 0.05) is 11.6 Å². The van der Waals surface area contributed by atoms with E-state index in [4.69, 9.17) is 11.5 Å². The second kappa shape index (κ2) is 4.69. The van der Waals surface area contributed by atoms with E-state index in [2.05, 4.69) is 4.98 Å². The second-order valence-electron chi connectivity index (χ2n) is 4.21. The molecule has 0 aromatic carbocycles. The summed E-state index contributed by atoms with van der Waals surface area (Å²) < 4.78 is 0. The first-order valence-electron chi connectivity index (χ1n) is 4.15. The number of hydrogen-bond acceptors (Lipinski definition) is 4. The Balaban J connectivity index is 0.000000243. The van der Waals surface area contributed by atoms with Crippen molar-refractivity contribution < 1.29 is 0 Å². The summed E-state index contributed by atoms with van der Waals surface area (Å²) in [5.41, 5.74) is 12.4. The molecule has 1 heterocycles. The van der Waals surface area contributed by atoms with E-state index in [1.165, 1.54) is 0 Å². The molecule has 0 fully saturated rings. The van der Waals surface area contributed by atoms with Crippen molar-refractivity contribution in [2.24, 2.45) is 16.9 Å². The van der Waals surface area contributed by atoms with Crippen molar-refractivity contribution in [2.45, 2.75) is 33.4 Å². The Morgan fingerprint density at radius 1 is 1.15 bits per heavy atom. The number of hydrogen-bond donors (Lipinski definition) is 2. The van der Waals surface area contributed by atoms with Crippen LogP contribution in [0, 0.1) is 5.41 Å². The molecule has 1 rings (SSSR count). The third-order valence-corrected chi connectivity index (χ3v) is 2.49. The Hall–Kier alpha value is -0.450. The molecule has 0 unspecified atom stereocenters. The summed E-state index contributed by atoms with van der Waals surface area (Å²) >= 11 is 1.60. The first kappa shape index (κ1) is 12.6. The maximum absolute atomic E-state index is 5.59. The Kier molecular flexibility index (Phi) is 4.53. The molecule has 3 nitrogen and oxygen atoms in total. The van der Waals surface area contributed by atoms with Crippen molar-refractivity contribution in [3.63, 3.8) is 0 Å². The van der Waals surface area contributed by atoms with Gasteiger partial charge in [0.1, 0.15) is 0 Å². The van der Waals surface area contributed by atoms with Gasteiger partial charge in [-0.25, -0.2) is 0 Å². The summed E-state index contributed by atoms with van der Waals surface area (Å²) in [5, 5.41) is 1.93. The molecule has 0 aliphatic carbocycles. The minimum atomic E-state index is -0.562. The van der Waals surface area contributed by atoms with Crippen LogP contribution in [0.2, 0.25) is 0 Å². The van der Waals surface area contributed by atoms with Crippen LogP contribution in [-0.2, 0) is 0 Å². The highest BCUT2D eigenvalue weighted by Crippen LogP contribution is 2.22. The van der Waals surface area contributed by atoms with E-state index in [-0.39, 0.29) is 5.41 Å². The lowest BCUT2D eigenvalue weighted by Gasteiger charge is -2.34. The maximum atomic E-state index is 5.59. The van der Waals surface area contributed by atoms with Gasteiger partial charge in [0.05, 0.1) is 11.2 Å². The van der Waals surface area contributed by atoms with Crippen LogP contribution in [0.25, 0.3) is 0 Å². The summed E-state index contributed by atoms with van der Waals surface area (Å²) in [6.07, 6.45) is 1.77. The van der Waals surface area contributed by atoms with Crippen LogP contribution in [0.3, 0.4) is 0 Å². The molecule has 0 radical (unpaired) electrons. The average molecular weight is 201 g/mol. The van der Waals surface area contributed by atoms with Crippen molar-refractivity contribution >= 4 is 11.3 Å². The van der Waals surface area contributed by atoms with Crippen LogP contribution >= 0.6 is 11.3 Å². The zero-order chi connectivity index (χ0) is 10.5. The van der Waals surface area contributed by atoms with Gasteiger partial charge in [0.2, 0.25) is 0 Å². The Bertz CT molecular complexity index is 177. The predicted molar refractivity (Wildman–Crippen MR) is 58.3 cm³/mol. The molecule has 0 amide bonds. The lowest BCUT2D eigenvalue weighted by Crippen LogP contribution is -2.56. The zero-order valence-electron chi connectivity index (χ0n) is 8.74. The van der Waals surface area contributed by atoms with Gasteiger partial charge >= 0.3 is 0 Å². The minimum Gasteiger partial charge on any atom is -0.313 e. The number of aromatic nitrogens is 1. The monoisotopic (exact) mass is 201 g/mol. The molecule has 0 atom stereocenters. The van der Waals surface area contributed by atoms with E-state index in [1.54, 1.807) is 23.0 Å². The molecule has 0 bridgehead atoms. The second-order valence-corrected chi connectivity index (χ2v) is 4.96. The zero-order valence-corrected chi connectivity index (χ0v) is 9.56. The van der Waals surface area contributed by atoms with Gasteiger partial charge < -0.3 is 11.5 Å². The Labute approximate surface area is 84.2 Å². The Morgan fingerprint density at radius 3 is 1.69 bits per heavy atom. The fourth-order valence-corrected chi connectivity index (χ4v) is 0.527. The minimum absolute atomic E-state index is 0.00694. The van der Waals surface area contributed by atoms with E-state index in [0.717, 1.165) is 0 Å². The molecular weight excluding hydrogens is 182 g/mol. The molecule has 0 saturated carbocycles. The van der Waals surface area contributed by atoms with Crippen LogP contribution in [0.4, 0.5) is 0 Å². The molecule has 0 spiro atoms. The van der Waals surface area contributed by atoms with Gasteiger partial charge in [-0.15, -0.1) is 11.3 Å². The largest absolute Gasteiger partial charge is 0.313 e. The summed E-state index contributed by atoms with van der Waals surface area (Å²) in [4.78, 5) is 3.74. The van der Waals surface area contributed by atoms with E-state index in [0.29, 0.717) is 0 Å². The lowest BCUT2D eigenvalue weighted by molar-refractivity contribution is 0.216. The summed E-state index contributed by atoms with van der Waals surface area (Å²) in [7, 11) is 0. The van der Waals surface area contributed by atoms with Crippen molar-refractivity contribution in [3.8, 4) is 0 Å². The number of thiazole rings is 1. The standard InChI is InChI=1S/C6H16N2.C3H3NS/c1-5(2,3)6(4,7)8;1-2-5-3-4-1/h7-8H2,1-4H3;1-3H. The fourth-order valence-electron chi connectivity index (χ4n) is 0.176. The van der Waals surface area contributed by atoms with Crippen molar-refractivity contribution in [3.05, 3.63) is 17.1 Å². The lowest BCUT2D eigenvalue weighted by atomic mass is 9.83. The van der Waals surface area contributed by atoms with Gasteiger partial charge in [-0.3, -0.25) is 4.98 Å². The molecular formula is C9H19N3S. The quantitative estimate of drug-likeness (QED) is 0.629. The van der Waals surface area contributed by atoms with Crippen LogP contribution in [0.5, 0.6) is 0 Å². The SMILES string of the molecule is CC(C)(C)C(C)(N)N.c1cscn1. The van der Waals surface area contributed by atoms with Crippen LogP contribution in [0.1, 0.15) is 27.7 Å². The van der Waals surface area contributed by atoms with Gasteiger partial charge in [0.15, 0.2) is 0 Å². The van der Waals surface area contributed by atoms with Crippen molar-refractivity contribution in [1.29, 1.82) is 0 Å². The summed E-state index contributed by atoms with van der Waals surface area (Å²) in [6.45, 7) is 7.89. The molecule has 76 valence electrons. The van der Waals surface area contributed by atoms with E-state index < -0.39 is 5.66 Å². The molecule has 4 heteroatoms. The van der Waals surface area contributed by atoms with Crippen molar-refractivity contribution in [1.82, 2.24) is 4.98 Å². The molecule has 0 aliphatic heterocycles. The number of nitrogens with two attached hydrogens (primary N) is 2.